The second-order valence-electron chi connectivity index (χ2n) is 13.8. The van der Waals surface area contributed by atoms with Crippen molar-refractivity contribution in [3.05, 3.63) is 60.2 Å². The third kappa shape index (κ3) is 9.86. The minimum atomic E-state index is -1.43. The van der Waals surface area contributed by atoms with Crippen LogP contribution in [0.15, 0.2) is 54.6 Å². The highest BCUT2D eigenvalue weighted by Gasteiger charge is 2.45. The number of rotatable bonds is 9. The molecule has 0 bridgehead atoms. The van der Waals surface area contributed by atoms with Gasteiger partial charge < -0.3 is 35.4 Å². The molecule has 1 aromatic rings. The van der Waals surface area contributed by atoms with Gasteiger partial charge in [0.1, 0.15) is 42.9 Å². The molecule has 3 aliphatic heterocycles. The second-order valence-corrected chi connectivity index (χ2v) is 13.8. The molecular formula is C38H52N6O8. The van der Waals surface area contributed by atoms with Crippen molar-refractivity contribution < 1.29 is 38.3 Å². The predicted molar refractivity (Wildman–Crippen MR) is 192 cm³/mol. The van der Waals surface area contributed by atoms with E-state index >= 15 is 0 Å². The van der Waals surface area contributed by atoms with Gasteiger partial charge in [0.05, 0.1) is 0 Å². The summed E-state index contributed by atoms with van der Waals surface area (Å²) in [6.07, 6.45) is 10.1. The number of amides is 6. The fourth-order valence-electron chi connectivity index (χ4n) is 6.77. The number of hydrogen-bond donors (Lipinski definition) is 3. The number of esters is 1. The maximum atomic E-state index is 14.4. The number of unbranched alkanes of at least 4 members (excludes halogenated alkanes) is 1. The Bertz CT molecular complexity index is 1550. The molecule has 0 spiro atoms. The van der Waals surface area contributed by atoms with Crippen LogP contribution in [0.3, 0.4) is 0 Å². The van der Waals surface area contributed by atoms with Crippen molar-refractivity contribution in [2.45, 2.75) is 115 Å². The molecule has 0 saturated carbocycles. The largest absolute Gasteiger partial charge is 0.461 e. The van der Waals surface area contributed by atoms with Crippen LogP contribution in [0.1, 0.15) is 71.8 Å². The number of benzene rings is 1. The number of hydrogen-bond acceptors (Lipinski definition) is 8. The van der Waals surface area contributed by atoms with Crippen molar-refractivity contribution in [2.75, 3.05) is 20.2 Å². The molecule has 4 rings (SSSR count). The Morgan fingerprint density at radius 2 is 1.69 bits per heavy atom. The molecule has 3 fully saturated rings. The van der Waals surface area contributed by atoms with Gasteiger partial charge in [-0.15, -0.1) is 0 Å². The molecule has 7 atom stereocenters. The smallest absolute Gasteiger partial charge is 0.328 e. The van der Waals surface area contributed by atoms with Gasteiger partial charge in [-0.2, -0.15) is 0 Å². The lowest BCUT2D eigenvalue weighted by atomic mass is 10.0. The molecule has 7 unspecified atom stereocenters. The average Bonchev–Trinajstić information content (AvgIpc) is 3.78. The standard InChI is InChI=1S/C38H52N6O8/c1-6-7-8-9-13-18-32(45)40-28(22-27-15-11-10-12-16-27)34(47)41-29-23-52-38(51)31-17-14-21-43(31)35(48)25(3)39-33(46)26(4)42(5)37(50)30-20-19-24(2)44(30)36(29)49/h8-13,15-16,18,24-26,28-31H,6-7,14,17,19-23H2,1-5H3,(H,39,46)(H,40,45)(H,41,47). The zero-order valence-corrected chi connectivity index (χ0v) is 30.7. The van der Waals surface area contributed by atoms with Crippen molar-refractivity contribution in [3.63, 3.8) is 0 Å². The van der Waals surface area contributed by atoms with E-state index in [-0.39, 0.29) is 13.0 Å². The van der Waals surface area contributed by atoms with Crippen LogP contribution in [-0.2, 0) is 44.7 Å². The van der Waals surface area contributed by atoms with E-state index in [9.17, 15) is 33.6 Å². The summed E-state index contributed by atoms with van der Waals surface area (Å²) >= 11 is 0. The topological polar surface area (TPSA) is 175 Å². The van der Waals surface area contributed by atoms with Crippen LogP contribution in [-0.4, -0.2) is 119 Å². The maximum Gasteiger partial charge on any atom is 0.328 e. The molecule has 52 heavy (non-hydrogen) atoms. The van der Waals surface area contributed by atoms with Gasteiger partial charge in [0, 0.05) is 32.1 Å². The minimum Gasteiger partial charge on any atom is -0.461 e. The molecule has 1 aromatic carbocycles. The maximum absolute atomic E-state index is 14.4. The van der Waals surface area contributed by atoms with Crippen LogP contribution in [0.5, 0.6) is 0 Å². The lowest BCUT2D eigenvalue weighted by Crippen LogP contribution is -2.61. The van der Waals surface area contributed by atoms with E-state index < -0.39 is 90.3 Å². The van der Waals surface area contributed by atoms with E-state index in [0.717, 1.165) is 18.4 Å². The Kier molecular flexibility index (Phi) is 14.1. The molecule has 0 radical (unpaired) electrons. The summed E-state index contributed by atoms with van der Waals surface area (Å²) in [5.74, 6) is -4.15. The summed E-state index contributed by atoms with van der Waals surface area (Å²) in [7, 11) is 1.47. The van der Waals surface area contributed by atoms with Gasteiger partial charge in [0.15, 0.2) is 0 Å². The van der Waals surface area contributed by atoms with Crippen LogP contribution >= 0.6 is 0 Å². The number of carbonyl (C=O) groups is 7. The normalized spacial score (nSPS) is 27.0. The number of allylic oxidation sites excluding steroid dienone is 3. The Labute approximate surface area is 305 Å². The summed E-state index contributed by atoms with van der Waals surface area (Å²) in [6, 6.07) is 2.23. The summed E-state index contributed by atoms with van der Waals surface area (Å²) in [5, 5.41) is 8.12. The molecule has 3 aliphatic rings. The van der Waals surface area contributed by atoms with E-state index in [4.69, 9.17) is 4.74 Å². The molecule has 3 saturated heterocycles. The molecule has 14 nitrogen and oxygen atoms in total. The molecule has 14 heteroatoms. The van der Waals surface area contributed by atoms with Gasteiger partial charge in [-0.1, -0.05) is 61.9 Å². The van der Waals surface area contributed by atoms with Crippen LogP contribution < -0.4 is 16.0 Å². The molecule has 6 amide bonds. The first kappa shape index (κ1) is 39.8. The summed E-state index contributed by atoms with van der Waals surface area (Å²) < 4.78 is 5.67. The van der Waals surface area contributed by atoms with Gasteiger partial charge in [0.2, 0.25) is 35.4 Å². The molecule has 282 valence electrons. The van der Waals surface area contributed by atoms with Crippen LogP contribution in [0.2, 0.25) is 0 Å². The zero-order valence-electron chi connectivity index (χ0n) is 30.7. The van der Waals surface area contributed by atoms with Crippen LogP contribution in [0.25, 0.3) is 0 Å². The number of likely N-dealkylation sites (N-methyl/N-ethyl adjacent to an activating group) is 1. The quantitative estimate of drug-likeness (QED) is 0.195. The molecule has 3 heterocycles. The monoisotopic (exact) mass is 720 g/mol. The SMILES string of the molecule is CCCC=CC=CC(=O)NC(Cc1ccccc1)C(=O)NC1COC(=O)C2CCCN2C(=O)C(C)NC(=O)C(C)N(C)C(=O)C2CCC(C)N2C1=O. The summed E-state index contributed by atoms with van der Waals surface area (Å²) in [5.41, 5.74) is 0.755. The number of nitrogens with one attached hydrogen (secondary N) is 3. The fourth-order valence-corrected chi connectivity index (χ4v) is 6.77. The van der Waals surface area contributed by atoms with Gasteiger partial charge >= 0.3 is 5.97 Å². The fraction of sp³-hybridized carbons (Fsp3) is 0.553. The predicted octanol–water partition coefficient (Wildman–Crippen LogP) is 1.39. The number of carbonyl (C=O) groups excluding carboxylic acids is 7. The lowest BCUT2D eigenvalue weighted by molar-refractivity contribution is -0.158. The first-order chi connectivity index (χ1) is 24.8. The lowest BCUT2D eigenvalue weighted by Gasteiger charge is -2.36. The highest BCUT2D eigenvalue weighted by atomic mass is 16.5. The molecule has 0 aliphatic carbocycles. The van der Waals surface area contributed by atoms with Crippen LogP contribution in [0.4, 0.5) is 0 Å². The number of fused-ring (bicyclic) bond motifs is 2. The number of cyclic esters (lactones) is 1. The highest BCUT2D eigenvalue weighted by molar-refractivity contribution is 5.98. The molecular weight excluding hydrogens is 668 g/mol. The van der Waals surface area contributed by atoms with E-state index in [1.807, 2.05) is 31.2 Å². The second kappa shape index (κ2) is 18.5. The van der Waals surface area contributed by atoms with Gasteiger partial charge in [-0.25, -0.2) is 4.79 Å². The molecule has 3 N–H and O–H groups in total. The van der Waals surface area contributed by atoms with Crippen molar-refractivity contribution in [1.29, 1.82) is 0 Å². The van der Waals surface area contributed by atoms with Crippen molar-refractivity contribution in [1.82, 2.24) is 30.7 Å². The zero-order chi connectivity index (χ0) is 37.9. The minimum absolute atomic E-state index is 0.0991. The third-order valence-electron chi connectivity index (χ3n) is 9.93. The van der Waals surface area contributed by atoms with E-state index in [1.165, 1.54) is 41.7 Å². The number of nitrogens with zero attached hydrogens (tertiary/aromatic N) is 3. The van der Waals surface area contributed by atoms with Crippen LogP contribution in [0, 0.1) is 0 Å². The molecule has 0 aromatic heterocycles. The van der Waals surface area contributed by atoms with Crippen molar-refractivity contribution >= 4 is 41.4 Å². The van der Waals surface area contributed by atoms with E-state index in [2.05, 4.69) is 16.0 Å². The Morgan fingerprint density at radius 3 is 2.40 bits per heavy atom. The Balaban J connectivity index is 1.66. The van der Waals surface area contributed by atoms with Gasteiger partial charge in [-0.05, 0) is 58.4 Å². The summed E-state index contributed by atoms with van der Waals surface area (Å²) in [6.45, 7) is 6.58. The third-order valence-corrected chi connectivity index (χ3v) is 9.93. The summed E-state index contributed by atoms with van der Waals surface area (Å²) in [4.78, 5) is 99.4. The Morgan fingerprint density at radius 1 is 0.962 bits per heavy atom. The number of ether oxygens (including phenoxy) is 1. The van der Waals surface area contributed by atoms with Crippen molar-refractivity contribution in [3.8, 4) is 0 Å². The van der Waals surface area contributed by atoms with Crippen molar-refractivity contribution in [2.24, 2.45) is 0 Å². The average molecular weight is 721 g/mol. The first-order valence-corrected chi connectivity index (χ1v) is 18.2. The van der Waals surface area contributed by atoms with E-state index in [0.29, 0.717) is 25.7 Å². The first-order valence-electron chi connectivity index (χ1n) is 18.2. The Hall–Kier alpha value is -5.01. The van der Waals surface area contributed by atoms with E-state index in [1.54, 1.807) is 31.2 Å². The van der Waals surface area contributed by atoms with Gasteiger partial charge in [-0.3, -0.25) is 28.8 Å². The highest BCUT2D eigenvalue weighted by Crippen LogP contribution is 2.27. The van der Waals surface area contributed by atoms with Gasteiger partial charge in [0.25, 0.3) is 0 Å².